The maximum absolute atomic E-state index is 3.82. The molecule has 20 heavy (non-hydrogen) atoms. The molecule has 2 N–H and O–H groups in total. The lowest BCUT2D eigenvalue weighted by Gasteiger charge is -2.37. The fraction of sp³-hybridized carbons (Fsp3) is 0.647. The molecule has 1 aliphatic heterocycles. The van der Waals surface area contributed by atoms with Gasteiger partial charge >= 0.3 is 0 Å². The Morgan fingerprint density at radius 1 is 1.15 bits per heavy atom. The minimum Gasteiger partial charge on any atom is -0.381 e. The third-order valence-electron chi connectivity index (χ3n) is 4.90. The molecular weight excluding hydrogens is 312 g/mol. The first-order chi connectivity index (χ1) is 9.74. The van der Waals surface area contributed by atoms with Gasteiger partial charge in [0.2, 0.25) is 0 Å². The molecule has 3 unspecified atom stereocenters. The van der Waals surface area contributed by atoms with Crippen LogP contribution in [-0.2, 0) is 0 Å². The average Bonchev–Trinajstić information content (AvgIpc) is 2.96. The van der Waals surface area contributed by atoms with Crippen LogP contribution in [-0.4, -0.2) is 18.6 Å². The summed E-state index contributed by atoms with van der Waals surface area (Å²) in [6.07, 6.45) is 8.16. The van der Waals surface area contributed by atoms with Crippen LogP contribution in [0, 0.1) is 12.8 Å². The predicted octanol–water partition coefficient (Wildman–Crippen LogP) is 4.48. The first-order valence-corrected chi connectivity index (χ1v) is 8.79. The largest absolute Gasteiger partial charge is 0.381 e. The number of hydrogen-bond donors (Lipinski definition) is 2. The van der Waals surface area contributed by atoms with Gasteiger partial charge in [-0.25, -0.2) is 0 Å². The van der Waals surface area contributed by atoms with E-state index in [0.717, 1.165) is 12.0 Å². The zero-order chi connectivity index (χ0) is 13.9. The normalized spacial score (nSPS) is 30.4. The van der Waals surface area contributed by atoms with Crippen LogP contribution in [0.15, 0.2) is 22.7 Å². The van der Waals surface area contributed by atoms with Gasteiger partial charge in [-0.1, -0.05) is 18.9 Å². The molecule has 1 heterocycles. The van der Waals surface area contributed by atoms with Crippen molar-refractivity contribution in [3.63, 3.8) is 0 Å². The van der Waals surface area contributed by atoms with E-state index in [1.165, 1.54) is 60.8 Å². The molecule has 0 spiro atoms. The highest BCUT2D eigenvalue weighted by Gasteiger charge is 2.33. The van der Waals surface area contributed by atoms with Gasteiger partial charge in [-0.2, -0.15) is 0 Å². The van der Waals surface area contributed by atoms with Crippen molar-refractivity contribution in [2.45, 2.75) is 57.5 Å². The summed E-state index contributed by atoms with van der Waals surface area (Å²) in [5, 5.41) is 7.53. The smallest absolute Gasteiger partial charge is 0.0487 e. The minimum atomic E-state index is 0.623. The summed E-state index contributed by atoms with van der Waals surface area (Å²) >= 11 is 3.70. The zero-order valence-electron chi connectivity index (χ0n) is 12.3. The van der Waals surface area contributed by atoms with Crippen molar-refractivity contribution in [1.82, 2.24) is 5.32 Å². The third-order valence-corrected chi connectivity index (χ3v) is 5.56. The Kier molecular flexibility index (Phi) is 4.67. The Bertz CT molecular complexity index is 454. The molecule has 110 valence electrons. The summed E-state index contributed by atoms with van der Waals surface area (Å²) in [7, 11) is 0. The molecule has 1 aromatic rings. The Morgan fingerprint density at radius 3 is 2.75 bits per heavy atom. The van der Waals surface area contributed by atoms with Crippen molar-refractivity contribution >= 4 is 21.6 Å². The Hall–Kier alpha value is -0.540. The van der Waals surface area contributed by atoms with Gasteiger partial charge < -0.3 is 10.6 Å². The van der Waals surface area contributed by atoms with Gasteiger partial charge in [0.1, 0.15) is 0 Å². The van der Waals surface area contributed by atoms with Crippen LogP contribution in [0.5, 0.6) is 0 Å². The number of nitrogens with one attached hydrogen (secondary N) is 2. The fourth-order valence-electron chi connectivity index (χ4n) is 3.83. The lowest BCUT2D eigenvalue weighted by Crippen LogP contribution is -2.43. The number of benzene rings is 1. The van der Waals surface area contributed by atoms with Crippen molar-refractivity contribution in [3.8, 4) is 0 Å². The molecule has 3 heteroatoms. The SMILES string of the molecule is Cc1ccc(NC2CCCCC2C2CCCN2)c(Br)c1. The highest BCUT2D eigenvalue weighted by Crippen LogP contribution is 2.34. The van der Waals surface area contributed by atoms with Crippen molar-refractivity contribution in [2.24, 2.45) is 5.92 Å². The predicted molar refractivity (Wildman–Crippen MR) is 89.3 cm³/mol. The van der Waals surface area contributed by atoms with Crippen LogP contribution >= 0.6 is 15.9 Å². The van der Waals surface area contributed by atoms with Gasteiger partial charge in [-0.3, -0.25) is 0 Å². The van der Waals surface area contributed by atoms with Crippen molar-refractivity contribution in [1.29, 1.82) is 0 Å². The van der Waals surface area contributed by atoms with Crippen LogP contribution in [0.4, 0.5) is 5.69 Å². The first kappa shape index (κ1) is 14.4. The van der Waals surface area contributed by atoms with E-state index in [2.05, 4.69) is 51.7 Å². The molecule has 2 aliphatic rings. The topological polar surface area (TPSA) is 24.1 Å². The van der Waals surface area contributed by atoms with Crippen LogP contribution in [0.1, 0.15) is 44.1 Å². The van der Waals surface area contributed by atoms with Gasteiger partial charge in [0.25, 0.3) is 0 Å². The maximum Gasteiger partial charge on any atom is 0.0487 e. The molecule has 3 rings (SSSR count). The van der Waals surface area contributed by atoms with E-state index >= 15 is 0 Å². The van der Waals surface area contributed by atoms with Crippen LogP contribution in [0.2, 0.25) is 0 Å². The number of aryl methyl sites for hydroxylation is 1. The second-order valence-electron chi connectivity index (χ2n) is 6.39. The second-order valence-corrected chi connectivity index (χ2v) is 7.24. The van der Waals surface area contributed by atoms with E-state index in [1.807, 2.05) is 0 Å². The lowest BCUT2D eigenvalue weighted by molar-refractivity contribution is 0.262. The van der Waals surface area contributed by atoms with Gasteiger partial charge in [0.15, 0.2) is 0 Å². The highest BCUT2D eigenvalue weighted by molar-refractivity contribution is 9.10. The van der Waals surface area contributed by atoms with E-state index in [0.29, 0.717) is 6.04 Å². The van der Waals surface area contributed by atoms with Gasteiger partial charge in [0.05, 0.1) is 0 Å². The van der Waals surface area contributed by atoms with E-state index < -0.39 is 0 Å². The molecule has 0 aromatic heterocycles. The molecule has 1 aromatic carbocycles. The standard InChI is InChI=1S/C17H25BrN2/c1-12-8-9-17(14(18)11-12)20-16-6-3-2-5-13(16)15-7-4-10-19-15/h8-9,11,13,15-16,19-20H,2-7,10H2,1H3. The molecule has 2 nitrogen and oxygen atoms in total. The molecule has 1 saturated heterocycles. The van der Waals surface area contributed by atoms with Crippen LogP contribution in [0.25, 0.3) is 0 Å². The number of hydrogen-bond acceptors (Lipinski definition) is 2. The van der Waals surface area contributed by atoms with Crippen molar-refractivity contribution in [3.05, 3.63) is 28.2 Å². The van der Waals surface area contributed by atoms with Gasteiger partial charge in [-0.05, 0) is 78.7 Å². The van der Waals surface area contributed by atoms with Crippen LogP contribution < -0.4 is 10.6 Å². The first-order valence-electron chi connectivity index (χ1n) is 8.00. The van der Waals surface area contributed by atoms with Crippen LogP contribution in [0.3, 0.4) is 0 Å². The van der Waals surface area contributed by atoms with Crippen molar-refractivity contribution < 1.29 is 0 Å². The molecule has 0 radical (unpaired) electrons. The monoisotopic (exact) mass is 336 g/mol. The summed E-state index contributed by atoms with van der Waals surface area (Å²) < 4.78 is 1.20. The molecule has 0 bridgehead atoms. The number of halogens is 1. The maximum atomic E-state index is 3.82. The molecule has 2 fully saturated rings. The number of rotatable bonds is 3. The minimum absolute atomic E-state index is 0.623. The lowest BCUT2D eigenvalue weighted by atomic mass is 9.79. The van der Waals surface area contributed by atoms with E-state index in [1.54, 1.807) is 0 Å². The Morgan fingerprint density at radius 2 is 2.00 bits per heavy atom. The summed E-state index contributed by atoms with van der Waals surface area (Å²) in [4.78, 5) is 0. The molecular formula is C17H25BrN2. The third kappa shape index (κ3) is 3.20. The summed E-state index contributed by atoms with van der Waals surface area (Å²) in [5.74, 6) is 0.791. The molecule has 1 aliphatic carbocycles. The average molecular weight is 337 g/mol. The Labute approximate surface area is 130 Å². The summed E-state index contributed by atoms with van der Waals surface area (Å²) in [5.41, 5.74) is 2.56. The fourth-order valence-corrected chi connectivity index (χ4v) is 4.44. The number of anilines is 1. The highest BCUT2D eigenvalue weighted by atomic mass is 79.9. The van der Waals surface area contributed by atoms with E-state index in [-0.39, 0.29) is 0 Å². The summed E-state index contributed by atoms with van der Waals surface area (Å²) in [6, 6.07) is 7.97. The van der Waals surface area contributed by atoms with Crippen molar-refractivity contribution in [2.75, 3.05) is 11.9 Å². The van der Waals surface area contributed by atoms with E-state index in [9.17, 15) is 0 Å². The van der Waals surface area contributed by atoms with E-state index in [4.69, 9.17) is 0 Å². The van der Waals surface area contributed by atoms with Gasteiger partial charge in [0, 0.05) is 22.2 Å². The Balaban J connectivity index is 1.72. The molecule has 1 saturated carbocycles. The summed E-state index contributed by atoms with van der Waals surface area (Å²) in [6.45, 7) is 3.35. The van der Waals surface area contributed by atoms with Gasteiger partial charge in [-0.15, -0.1) is 0 Å². The quantitative estimate of drug-likeness (QED) is 0.850. The molecule has 3 atom stereocenters. The second kappa shape index (κ2) is 6.48. The molecule has 0 amide bonds. The zero-order valence-corrected chi connectivity index (χ0v) is 13.9.